The van der Waals surface area contributed by atoms with Gasteiger partial charge in [0.25, 0.3) is 0 Å². The molecule has 1 N–H and O–H groups in total. The van der Waals surface area contributed by atoms with Crippen molar-refractivity contribution in [3.8, 4) is 5.75 Å². The molecule has 0 amide bonds. The second-order valence-electron chi connectivity index (χ2n) is 6.63. The van der Waals surface area contributed by atoms with Gasteiger partial charge in [0.2, 0.25) is 0 Å². The lowest BCUT2D eigenvalue weighted by Crippen LogP contribution is -2.38. The predicted molar refractivity (Wildman–Crippen MR) is 85.9 cm³/mol. The minimum atomic E-state index is 0.548. The molecule has 1 saturated carbocycles. The highest BCUT2D eigenvalue weighted by atomic mass is 16.5. The zero-order valence-electron chi connectivity index (χ0n) is 14.1. The number of likely N-dealkylation sites (N-methyl/N-ethyl adjacent to an activating group) is 1. The predicted octanol–water partition coefficient (Wildman–Crippen LogP) is 1.94. The molecule has 1 aromatic heterocycles. The number of hydrogen-bond donors (Lipinski definition) is 1. The van der Waals surface area contributed by atoms with E-state index in [0.717, 1.165) is 25.4 Å². The van der Waals surface area contributed by atoms with Gasteiger partial charge >= 0.3 is 0 Å². The van der Waals surface area contributed by atoms with Gasteiger partial charge in [-0.2, -0.15) is 5.10 Å². The van der Waals surface area contributed by atoms with Crippen LogP contribution in [0.25, 0.3) is 0 Å². The van der Waals surface area contributed by atoms with Crippen molar-refractivity contribution in [2.75, 3.05) is 34.3 Å². The maximum Gasteiger partial charge on any atom is 0.160 e. The van der Waals surface area contributed by atoms with Crippen molar-refractivity contribution < 1.29 is 4.74 Å². The number of nitrogens with one attached hydrogen (secondary N) is 1. The second kappa shape index (κ2) is 7.27. The summed E-state index contributed by atoms with van der Waals surface area (Å²) in [6.07, 6.45) is 4.41. The molecule has 1 aromatic rings. The molecule has 5 nitrogen and oxygen atoms in total. The van der Waals surface area contributed by atoms with Gasteiger partial charge < -0.3 is 15.0 Å². The lowest BCUT2D eigenvalue weighted by Gasteiger charge is -2.38. The third-order valence-corrected chi connectivity index (χ3v) is 4.38. The van der Waals surface area contributed by atoms with Gasteiger partial charge in [-0.1, -0.05) is 13.8 Å². The van der Waals surface area contributed by atoms with Gasteiger partial charge in [0.1, 0.15) is 0 Å². The lowest BCUT2D eigenvalue weighted by atomic mass is 9.71. The second-order valence-corrected chi connectivity index (χ2v) is 6.63. The van der Waals surface area contributed by atoms with Crippen LogP contribution in [-0.4, -0.2) is 55.0 Å². The average molecular weight is 294 g/mol. The standard InChI is InChI=1S/C16H30N4O/c1-12(2)17-10-13-6-7-14(13)16-15(21-5)11-18-20(16)9-8-19(3)4/h11-14,17H,6-10H2,1-5H3. The molecule has 120 valence electrons. The fraction of sp³-hybridized carbons (Fsp3) is 0.812. The minimum Gasteiger partial charge on any atom is -0.493 e. The molecule has 0 bridgehead atoms. The van der Waals surface area contributed by atoms with E-state index >= 15 is 0 Å². The van der Waals surface area contributed by atoms with E-state index in [1.54, 1.807) is 7.11 Å². The van der Waals surface area contributed by atoms with Gasteiger partial charge in [0.15, 0.2) is 5.75 Å². The molecule has 1 heterocycles. The number of methoxy groups -OCH3 is 1. The first kappa shape index (κ1) is 16.3. The van der Waals surface area contributed by atoms with Gasteiger partial charge in [-0.05, 0) is 39.4 Å². The van der Waals surface area contributed by atoms with Crippen LogP contribution in [0, 0.1) is 5.92 Å². The summed E-state index contributed by atoms with van der Waals surface area (Å²) in [6, 6.07) is 0.548. The highest BCUT2D eigenvalue weighted by Gasteiger charge is 2.36. The third-order valence-electron chi connectivity index (χ3n) is 4.38. The van der Waals surface area contributed by atoms with E-state index in [0.29, 0.717) is 17.9 Å². The summed E-state index contributed by atoms with van der Waals surface area (Å²) in [5.74, 6) is 2.24. The first-order chi connectivity index (χ1) is 10.0. The molecule has 2 rings (SSSR count). The monoisotopic (exact) mass is 294 g/mol. The van der Waals surface area contributed by atoms with Crippen LogP contribution in [0.5, 0.6) is 5.75 Å². The largest absolute Gasteiger partial charge is 0.493 e. The molecule has 1 aliphatic rings. The van der Waals surface area contributed by atoms with Crippen molar-refractivity contribution >= 4 is 0 Å². The Morgan fingerprint density at radius 1 is 1.43 bits per heavy atom. The van der Waals surface area contributed by atoms with E-state index in [1.165, 1.54) is 18.5 Å². The van der Waals surface area contributed by atoms with Gasteiger partial charge in [0, 0.05) is 18.5 Å². The minimum absolute atomic E-state index is 0.548. The fourth-order valence-corrected chi connectivity index (χ4v) is 2.94. The highest BCUT2D eigenvalue weighted by molar-refractivity contribution is 5.31. The van der Waals surface area contributed by atoms with Crippen molar-refractivity contribution in [1.82, 2.24) is 20.0 Å². The summed E-state index contributed by atoms with van der Waals surface area (Å²) >= 11 is 0. The van der Waals surface area contributed by atoms with Crippen LogP contribution in [0.2, 0.25) is 0 Å². The summed E-state index contributed by atoms with van der Waals surface area (Å²) in [7, 11) is 5.94. The van der Waals surface area contributed by atoms with Crippen molar-refractivity contribution in [3.05, 3.63) is 11.9 Å². The van der Waals surface area contributed by atoms with E-state index in [9.17, 15) is 0 Å². The van der Waals surface area contributed by atoms with E-state index in [4.69, 9.17) is 4.74 Å². The Bertz CT molecular complexity index is 441. The Hall–Kier alpha value is -1.07. The summed E-state index contributed by atoms with van der Waals surface area (Å²) in [5, 5.41) is 8.10. The van der Waals surface area contributed by atoms with Gasteiger partial charge in [-0.25, -0.2) is 0 Å². The summed E-state index contributed by atoms with van der Waals surface area (Å²) in [5.41, 5.74) is 1.29. The molecule has 0 spiro atoms. The first-order valence-electron chi connectivity index (χ1n) is 8.00. The van der Waals surface area contributed by atoms with Crippen molar-refractivity contribution in [2.24, 2.45) is 5.92 Å². The molecule has 5 heteroatoms. The molecule has 2 unspecified atom stereocenters. The van der Waals surface area contributed by atoms with E-state index < -0.39 is 0 Å². The van der Waals surface area contributed by atoms with Gasteiger partial charge in [-0.15, -0.1) is 0 Å². The van der Waals surface area contributed by atoms with Crippen molar-refractivity contribution in [2.45, 2.75) is 45.2 Å². The molecular weight excluding hydrogens is 264 g/mol. The molecule has 1 fully saturated rings. The zero-order chi connectivity index (χ0) is 15.4. The molecule has 0 aliphatic heterocycles. The number of ether oxygens (including phenoxy) is 1. The number of hydrogen-bond acceptors (Lipinski definition) is 4. The van der Waals surface area contributed by atoms with Crippen LogP contribution < -0.4 is 10.1 Å². The summed E-state index contributed by atoms with van der Waals surface area (Å²) in [4.78, 5) is 2.19. The number of nitrogens with zero attached hydrogens (tertiary/aromatic N) is 3. The fourth-order valence-electron chi connectivity index (χ4n) is 2.94. The third kappa shape index (κ3) is 3.98. The first-order valence-corrected chi connectivity index (χ1v) is 8.00. The molecule has 0 saturated heterocycles. The Morgan fingerprint density at radius 2 is 2.19 bits per heavy atom. The molecule has 2 atom stereocenters. The van der Waals surface area contributed by atoms with Crippen LogP contribution in [0.1, 0.15) is 38.3 Å². The van der Waals surface area contributed by atoms with E-state index in [-0.39, 0.29) is 0 Å². The van der Waals surface area contributed by atoms with Crippen LogP contribution in [-0.2, 0) is 6.54 Å². The normalized spacial score (nSPS) is 21.9. The maximum atomic E-state index is 5.55. The molecular formula is C16H30N4O. The van der Waals surface area contributed by atoms with E-state index in [1.807, 2.05) is 6.20 Å². The van der Waals surface area contributed by atoms with Crippen LogP contribution >= 0.6 is 0 Å². The topological polar surface area (TPSA) is 42.3 Å². The molecule has 0 radical (unpaired) electrons. The highest BCUT2D eigenvalue weighted by Crippen LogP contribution is 2.45. The van der Waals surface area contributed by atoms with E-state index in [2.05, 4.69) is 47.9 Å². The Morgan fingerprint density at radius 3 is 2.71 bits per heavy atom. The summed E-state index contributed by atoms with van der Waals surface area (Å²) in [6.45, 7) is 7.42. The molecule has 1 aliphatic carbocycles. The van der Waals surface area contributed by atoms with Crippen LogP contribution in [0.3, 0.4) is 0 Å². The van der Waals surface area contributed by atoms with Crippen molar-refractivity contribution in [3.63, 3.8) is 0 Å². The molecule has 0 aromatic carbocycles. The van der Waals surface area contributed by atoms with Gasteiger partial charge in [-0.3, -0.25) is 4.68 Å². The Kier molecular flexibility index (Phi) is 5.65. The average Bonchev–Trinajstić information content (AvgIpc) is 2.77. The summed E-state index contributed by atoms with van der Waals surface area (Å²) < 4.78 is 7.69. The number of aromatic nitrogens is 2. The van der Waals surface area contributed by atoms with Crippen molar-refractivity contribution in [1.29, 1.82) is 0 Å². The zero-order valence-corrected chi connectivity index (χ0v) is 14.1. The quantitative estimate of drug-likeness (QED) is 0.796. The SMILES string of the molecule is COc1cnn(CCN(C)C)c1C1CCC1CNC(C)C. The smallest absolute Gasteiger partial charge is 0.160 e. The lowest BCUT2D eigenvalue weighted by molar-refractivity contribution is 0.221. The maximum absolute atomic E-state index is 5.55. The van der Waals surface area contributed by atoms with Crippen LogP contribution in [0.15, 0.2) is 6.20 Å². The van der Waals surface area contributed by atoms with Crippen LogP contribution in [0.4, 0.5) is 0 Å². The Balaban J connectivity index is 2.08. The van der Waals surface area contributed by atoms with Gasteiger partial charge in [0.05, 0.1) is 25.5 Å². The Labute approximate surface area is 128 Å². The molecule has 21 heavy (non-hydrogen) atoms. The number of rotatable bonds is 8.